The summed E-state index contributed by atoms with van der Waals surface area (Å²) >= 11 is 0. The normalized spacial score (nSPS) is 16.3. The van der Waals surface area contributed by atoms with Crippen LogP contribution in [0.4, 0.5) is 0 Å². The average molecular weight is 341 g/mol. The van der Waals surface area contributed by atoms with Gasteiger partial charge < -0.3 is 9.64 Å². The summed E-state index contributed by atoms with van der Waals surface area (Å²) in [5.41, 5.74) is 1.08. The molecule has 0 atom stereocenters. The maximum atomic E-state index is 12.2. The standard InChI is InChI=1S/C15H23N3O4S/c1-16-23(20,21)18-11-9-17(10-12-18)15(19)8-5-13-3-6-14(22-2)7-4-13/h3-4,6-7,16H,5,8-12H2,1-2H3. The molecule has 8 heteroatoms. The van der Waals surface area contributed by atoms with Gasteiger partial charge in [-0.1, -0.05) is 12.1 Å². The molecule has 1 aliphatic rings. The molecule has 128 valence electrons. The van der Waals surface area contributed by atoms with Crippen LogP contribution in [0.3, 0.4) is 0 Å². The molecule has 0 radical (unpaired) electrons. The number of rotatable bonds is 6. The van der Waals surface area contributed by atoms with Gasteiger partial charge in [-0.2, -0.15) is 12.7 Å². The van der Waals surface area contributed by atoms with Gasteiger partial charge in [0.2, 0.25) is 5.91 Å². The predicted octanol–water partition coefficient (Wildman–Crippen LogP) is 0.236. The number of carbonyl (C=O) groups excluding carboxylic acids is 1. The van der Waals surface area contributed by atoms with Gasteiger partial charge in [-0.15, -0.1) is 0 Å². The Morgan fingerprint density at radius 1 is 1.17 bits per heavy atom. The van der Waals surface area contributed by atoms with Gasteiger partial charge >= 0.3 is 0 Å². The van der Waals surface area contributed by atoms with E-state index in [1.54, 1.807) is 12.0 Å². The van der Waals surface area contributed by atoms with Gasteiger partial charge in [0.1, 0.15) is 5.75 Å². The maximum absolute atomic E-state index is 12.2. The summed E-state index contributed by atoms with van der Waals surface area (Å²) in [4.78, 5) is 14.0. The number of piperazine rings is 1. The minimum Gasteiger partial charge on any atom is -0.497 e. The summed E-state index contributed by atoms with van der Waals surface area (Å²) in [7, 11) is -0.391. The summed E-state index contributed by atoms with van der Waals surface area (Å²) in [6, 6.07) is 7.65. The fourth-order valence-electron chi connectivity index (χ4n) is 2.51. The summed E-state index contributed by atoms with van der Waals surface area (Å²) in [5, 5.41) is 0. The van der Waals surface area contributed by atoms with Crippen molar-refractivity contribution in [2.75, 3.05) is 40.3 Å². The molecule has 1 fully saturated rings. The van der Waals surface area contributed by atoms with Gasteiger partial charge in [0.05, 0.1) is 7.11 Å². The lowest BCUT2D eigenvalue weighted by molar-refractivity contribution is -0.132. The zero-order chi connectivity index (χ0) is 16.9. The van der Waals surface area contributed by atoms with Crippen LogP contribution in [0.1, 0.15) is 12.0 Å². The number of carbonyl (C=O) groups is 1. The third-order valence-electron chi connectivity index (χ3n) is 3.98. The quantitative estimate of drug-likeness (QED) is 0.804. The summed E-state index contributed by atoms with van der Waals surface area (Å²) in [6.07, 6.45) is 1.09. The minimum atomic E-state index is -3.40. The highest BCUT2D eigenvalue weighted by atomic mass is 32.2. The van der Waals surface area contributed by atoms with Gasteiger partial charge in [-0.3, -0.25) is 4.79 Å². The zero-order valence-electron chi connectivity index (χ0n) is 13.5. The first-order valence-corrected chi connectivity index (χ1v) is 8.99. The molecule has 0 spiro atoms. The molecule has 1 N–H and O–H groups in total. The van der Waals surface area contributed by atoms with E-state index >= 15 is 0 Å². The first-order chi connectivity index (χ1) is 11.0. The molecule has 1 saturated heterocycles. The molecule has 23 heavy (non-hydrogen) atoms. The molecule has 1 amide bonds. The maximum Gasteiger partial charge on any atom is 0.279 e. The van der Waals surface area contributed by atoms with Gasteiger partial charge in [0, 0.05) is 39.6 Å². The predicted molar refractivity (Wildman–Crippen MR) is 87.4 cm³/mol. The van der Waals surface area contributed by atoms with E-state index in [0.717, 1.165) is 11.3 Å². The third kappa shape index (κ3) is 4.66. The number of hydrogen-bond donors (Lipinski definition) is 1. The number of hydrogen-bond acceptors (Lipinski definition) is 4. The van der Waals surface area contributed by atoms with Gasteiger partial charge in [-0.05, 0) is 24.1 Å². The van der Waals surface area contributed by atoms with Crippen LogP contribution in [-0.4, -0.2) is 63.9 Å². The van der Waals surface area contributed by atoms with Crippen LogP contribution in [-0.2, 0) is 21.4 Å². The molecule has 0 saturated carbocycles. The van der Waals surface area contributed by atoms with Crippen LogP contribution < -0.4 is 9.46 Å². The lowest BCUT2D eigenvalue weighted by atomic mass is 10.1. The van der Waals surface area contributed by atoms with Gasteiger partial charge in [0.25, 0.3) is 10.2 Å². The zero-order valence-corrected chi connectivity index (χ0v) is 14.3. The Morgan fingerprint density at radius 2 is 1.78 bits per heavy atom. The van der Waals surface area contributed by atoms with Crippen LogP contribution in [0.15, 0.2) is 24.3 Å². The topological polar surface area (TPSA) is 79.0 Å². The highest BCUT2D eigenvalue weighted by Gasteiger charge is 2.27. The number of methoxy groups -OCH3 is 1. The molecule has 0 unspecified atom stereocenters. The lowest BCUT2D eigenvalue weighted by Gasteiger charge is -2.33. The van der Waals surface area contributed by atoms with Crippen molar-refractivity contribution in [1.29, 1.82) is 0 Å². The third-order valence-corrected chi connectivity index (χ3v) is 5.54. The molecule has 2 rings (SSSR count). The van der Waals surface area contributed by atoms with E-state index < -0.39 is 10.2 Å². The monoisotopic (exact) mass is 341 g/mol. The van der Waals surface area contributed by atoms with Crippen molar-refractivity contribution in [2.24, 2.45) is 0 Å². The number of benzene rings is 1. The minimum absolute atomic E-state index is 0.0577. The van der Waals surface area contributed by atoms with Crippen LogP contribution >= 0.6 is 0 Å². The molecule has 1 heterocycles. The first kappa shape index (κ1) is 17.7. The SMILES string of the molecule is CNS(=O)(=O)N1CCN(C(=O)CCc2ccc(OC)cc2)CC1. The second-order valence-corrected chi connectivity index (χ2v) is 7.21. The van der Waals surface area contributed by atoms with E-state index in [9.17, 15) is 13.2 Å². The molecule has 1 aromatic rings. The van der Waals surface area contributed by atoms with Crippen molar-refractivity contribution in [3.05, 3.63) is 29.8 Å². The lowest BCUT2D eigenvalue weighted by Crippen LogP contribution is -2.52. The van der Waals surface area contributed by atoms with Crippen molar-refractivity contribution >= 4 is 16.1 Å². The van der Waals surface area contributed by atoms with E-state index in [4.69, 9.17) is 4.74 Å². The number of aryl methyl sites for hydroxylation is 1. The van der Waals surface area contributed by atoms with Crippen molar-refractivity contribution in [3.8, 4) is 5.75 Å². The Kier molecular flexibility index (Phi) is 5.97. The Labute approximate surface area is 137 Å². The molecule has 0 aliphatic carbocycles. The molecule has 0 aromatic heterocycles. The van der Waals surface area contributed by atoms with E-state index in [2.05, 4.69) is 4.72 Å². The first-order valence-electron chi connectivity index (χ1n) is 7.55. The molecule has 0 bridgehead atoms. The summed E-state index contributed by atoms with van der Waals surface area (Å²) in [6.45, 7) is 1.53. The largest absolute Gasteiger partial charge is 0.497 e. The van der Waals surface area contributed by atoms with Crippen LogP contribution in [0, 0.1) is 0 Å². The fraction of sp³-hybridized carbons (Fsp3) is 0.533. The molecule has 1 aliphatic heterocycles. The highest BCUT2D eigenvalue weighted by Crippen LogP contribution is 2.14. The Morgan fingerprint density at radius 3 is 2.30 bits per heavy atom. The fourth-order valence-corrected chi connectivity index (χ4v) is 3.41. The highest BCUT2D eigenvalue weighted by molar-refractivity contribution is 7.87. The number of nitrogens with one attached hydrogen (secondary N) is 1. The second-order valence-electron chi connectivity index (χ2n) is 5.34. The second kappa shape index (κ2) is 7.76. The van der Waals surface area contributed by atoms with Crippen LogP contribution in [0.5, 0.6) is 5.75 Å². The number of nitrogens with zero attached hydrogens (tertiary/aromatic N) is 2. The van der Waals surface area contributed by atoms with Crippen LogP contribution in [0.2, 0.25) is 0 Å². The average Bonchev–Trinajstić information content (AvgIpc) is 2.60. The van der Waals surface area contributed by atoms with Gasteiger partial charge in [-0.25, -0.2) is 4.72 Å². The van der Waals surface area contributed by atoms with Gasteiger partial charge in [0.15, 0.2) is 0 Å². The smallest absolute Gasteiger partial charge is 0.279 e. The van der Waals surface area contributed by atoms with E-state index in [0.29, 0.717) is 39.0 Å². The number of amides is 1. The van der Waals surface area contributed by atoms with Crippen molar-refractivity contribution in [3.63, 3.8) is 0 Å². The summed E-state index contributed by atoms with van der Waals surface area (Å²) < 4.78 is 32.1. The van der Waals surface area contributed by atoms with Crippen molar-refractivity contribution < 1.29 is 17.9 Å². The number of ether oxygens (including phenoxy) is 1. The van der Waals surface area contributed by atoms with E-state index in [1.165, 1.54) is 11.4 Å². The molecular weight excluding hydrogens is 318 g/mol. The van der Waals surface area contributed by atoms with Crippen molar-refractivity contribution in [1.82, 2.24) is 13.9 Å². The molecular formula is C15H23N3O4S. The van der Waals surface area contributed by atoms with E-state index in [1.807, 2.05) is 24.3 Å². The van der Waals surface area contributed by atoms with Crippen LogP contribution in [0.25, 0.3) is 0 Å². The Hall–Kier alpha value is -1.64. The van der Waals surface area contributed by atoms with E-state index in [-0.39, 0.29) is 5.91 Å². The van der Waals surface area contributed by atoms with Crippen molar-refractivity contribution in [2.45, 2.75) is 12.8 Å². The molecule has 7 nitrogen and oxygen atoms in total. The molecule has 1 aromatic carbocycles. The Bertz CT molecular complexity index is 623. The Balaban J connectivity index is 1.81. The summed E-state index contributed by atoms with van der Waals surface area (Å²) in [5.74, 6) is 0.851.